The van der Waals surface area contributed by atoms with Crippen LogP contribution in [0.25, 0.3) is 0 Å². The highest BCUT2D eigenvalue weighted by Crippen LogP contribution is 2.37. The van der Waals surface area contributed by atoms with Crippen molar-refractivity contribution in [3.63, 3.8) is 0 Å². The zero-order chi connectivity index (χ0) is 22.6. The van der Waals surface area contributed by atoms with Crippen LogP contribution < -0.4 is 4.74 Å². The van der Waals surface area contributed by atoms with Crippen molar-refractivity contribution in [3.05, 3.63) is 71.1 Å². The molecule has 1 fully saturated rings. The van der Waals surface area contributed by atoms with Crippen LogP contribution in [0.2, 0.25) is 0 Å². The third-order valence-electron chi connectivity index (χ3n) is 5.61. The van der Waals surface area contributed by atoms with Crippen LogP contribution in [0.3, 0.4) is 0 Å². The minimum Gasteiger partial charge on any atom is -0.487 e. The molecule has 0 heterocycles. The number of sulfone groups is 1. The Morgan fingerprint density at radius 3 is 2.42 bits per heavy atom. The number of hydrogen-bond donors (Lipinski definition) is 0. The second-order valence-corrected chi connectivity index (χ2v) is 9.94. The van der Waals surface area contributed by atoms with E-state index in [4.69, 9.17) is 4.74 Å². The first-order valence-corrected chi connectivity index (χ1v) is 12.4. The summed E-state index contributed by atoms with van der Waals surface area (Å²) in [5.74, 6) is -4.72. The van der Waals surface area contributed by atoms with E-state index in [1.54, 1.807) is 6.92 Å². The van der Waals surface area contributed by atoms with E-state index in [9.17, 15) is 21.6 Å². The summed E-state index contributed by atoms with van der Waals surface area (Å²) < 4.78 is 73.1. The average Bonchev–Trinajstić information content (AvgIpc) is 2.72. The molecule has 7 heteroatoms. The standard InChI is InChI=1S/C24H27F3O3S/c1-3-19-20(25)24(31(2,28)29)22(27)21(26)23(19)30-18-14-8-13-17(15-18)12-7-11-16-9-5-4-6-10-16/h4-7,9-10,12,17-18H,3,8,11,13-15H2,1-2H3/b12-7+. The van der Waals surface area contributed by atoms with Gasteiger partial charge in [0.15, 0.2) is 27.2 Å². The van der Waals surface area contributed by atoms with Gasteiger partial charge in [0, 0.05) is 11.8 Å². The quantitative estimate of drug-likeness (QED) is 0.394. The lowest BCUT2D eigenvalue weighted by Gasteiger charge is -2.29. The van der Waals surface area contributed by atoms with Crippen LogP contribution in [0.1, 0.15) is 43.7 Å². The molecule has 1 aliphatic rings. The zero-order valence-corrected chi connectivity index (χ0v) is 18.5. The van der Waals surface area contributed by atoms with Crippen molar-refractivity contribution in [2.75, 3.05) is 6.26 Å². The van der Waals surface area contributed by atoms with E-state index in [1.165, 1.54) is 5.56 Å². The van der Waals surface area contributed by atoms with Gasteiger partial charge in [0.05, 0.1) is 6.10 Å². The highest BCUT2D eigenvalue weighted by Gasteiger charge is 2.32. The van der Waals surface area contributed by atoms with Gasteiger partial charge in [-0.1, -0.05) is 49.4 Å². The van der Waals surface area contributed by atoms with Gasteiger partial charge in [-0.15, -0.1) is 0 Å². The molecule has 3 rings (SSSR count). The fraction of sp³-hybridized carbons (Fsp3) is 0.417. The van der Waals surface area contributed by atoms with Gasteiger partial charge in [0.2, 0.25) is 5.82 Å². The summed E-state index contributed by atoms with van der Waals surface area (Å²) >= 11 is 0. The van der Waals surface area contributed by atoms with Gasteiger partial charge in [-0.3, -0.25) is 0 Å². The van der Waals surface area contributed by atoms with Crippen LogP contribution >= 0.6 is 0 Å². The minimum absolute atomic E-state index is 0.0198. The largest absolute Gasteiger partial charge is 0.487 e. The Labute approximate surface area is 181 Å². The number of rotatable bonds is 7. The Hall–Kier alpha value is -2.28. The summed E-state index contributed by atoms with van der Waals surface area (Å²) in [5.41, 5.74) is 0.954. The Morgan fingerprint density at radius 1 is 1.06 bits per heavy atom. The molecule has 2 atom stereocenters. The lowest BCUT2D eigenvalue weighted by molar-refractivity contribution is 0.127. The molecule has 168 valence electrons. The van der Waals surface area contributed by atoms with Crippen molar-refractivity contribution >= 4 is 9.84 Å². The summed E-state index contributed by atoms with van der Waals surface area (Å²) in [7, 11) is -4.27. The van der Waals surface area contributed by atoms with Crippen LogP contribution in [-0.4, -0.2) is 20.8 Å². The topological polar surface area (TPSA) is 43.4 Å². The summed E-state index contributed by atoms with van der Waals surface area (Å²) in [6.07, 6.45) is 8.31. The van der Waals surface area contributed by atoms with E-state index < -0.39 is 44.0 Å². The van der Waals surface area contributed by atoms with Crippen LogP contribution in [0.4, 0.5) is 13.2 Å². The maximum absolute atomic E-state index is 14.8. The molecule has 0 aliphatic heterocycles. The Kier molecular flexibility index (Phi) is 7.46. The first-order chi connectivity index (χ1) is 14.7. The van der Waals surface area contributed by atoms with E-state index in [0.29, 0.717) is 19.1 Å². The maximum atomic E-state index is 14.8. The first-order valence-electron chi connectivity index (χ1n) is 10.5. The smallest absolute Gasteiger partial charge is 0.202 e. The molecule has 0 spiro atoms. The molecule has 0 saturated heterocycles. The van der Waals surface area contributed by atoms with Gasteiger partial charge < -0.3 is 4.74 Å². The molecule has 0 N–H and O–H groups in total. The normalized spacial score (nSPS) is 19.6. The average molecular weight is 453 g/mol. The fourth-order valence-electron chi connectivity index (χ4n) is 4.07. The van der Waals surface area contributed by atoms with Crippen molar-refractivity contribution in [3.8, 4) is 5.75 Å². The predicted octanol–water partition coefficient (Wildman–Crippen LogP) is 5.81. The monoisotopic (exact) mass is 452 g/mol. The second-order valence-electron chi connectivity index (χ2n) is 7.99. The summed E-state index contributed by atoms with van der Waals surface area (Å²) in [4.78, 5) is -1.24. The van der Waals surface area contributed by atoms with E-state index in [1.807, 2.05) is 18.2 Å². The molecular formula is C24H27F3O3S. The lowest BCUT2D eigenvalue weighted by Crippen LogP contribution is -2.26. The fourth-order valence-corrected chi connectivity index (χ4v) is 4.93. The molecule has 1 saturated carbocycles. The number of halogens is 3. The van der Waals surface area contributed by atoms with Gasteiger partial charge in [-0.05, 0) is 50.0 Å². The van der Waals surface area contributed by atoms with E-state index in [0.717, 1.165) is 19.3 Å². The van der Waals surface area contributed by atoms with Crippen molar-refractivity contribution in [2.24, 2.45) is 5.92 Å². The predicted molar refractivity (Wildman–Crippen MR) is 114 cm³/mol. The highest BCUT2D eigenvalue weighted by molar-refractivity contribution is 7.90. The first kappa shape index (κ1) is 23.4. The molecule has 3 nitrogen and oxygen atoms in total. The van der Waals surface area contributed by atoms with Gasteiger partial charge in [-0.25, -0.2) is 17.2 Å². The molecule has 2 unspecified atom stereocenters. The number of hydrogen-bond acceptors (Lipinski definition) is 3. The maximum Gasteiger partial charge on any atom is 0.202 e. The Bertz CT molecular complexity index is 1050. The molecule has 0 bridgehead atoms. The molecule has 2 aromatic rings. The van der Waals surface area contributed by atoms with Crippen LogP contribution in [0.5, 0.6) is 5.75 Å². The molecule has 0 radical (unpaired) electrons. The summed E-state index contributed by atoms with van der Waals surface area (Å²) in [6.45, 7) is 1.55. The van der Waals surface area contributed by atoms with Crippen molar-refractivity contribution < 1.29 is 26.3 Å². The summed E-state index contributed by atoms with van der Waals surface area (Å²) in [6, 6.07) is 10.0. The van der Waals surface area contributed by atoms with Crippen LogP contribution in [-0.2, 0) is 22.7 Å². The third-order valence-corrected chi connectivity index (χ3v) is 6.71. The molecule has 31 heavy (non-hydrogen) atoms. The highest BCUT2D eigenvalue weighted by atomic mass is 32.2. The minimum atomic E-state index is -4.27. The van der Waals surface area contributed by atoms with Crippen LogP contribution in [0, 0.1) is 23.4 Å². The van der Waals surface area contributed by atoms with Crippen molar-refractivity contribution in [1.82, 2.24) is 0 Å². The molecule has 1 aliphatic carbocycles. The van der Waals surface area contributed by atoms with Crippen LogP contribution in [0.15, 0.2) is 47.4 Å². The molecule has 2 aromatic carbocycles. The zero-order valence-electron chi connectivity index (χ0n) is 17.7. The lowest BCUT2D eigenvalue weighted by atomic mass is 9.86. The Balaban J connectivity index is 1.77. The summed E-state index contributed by atoms with van der Waals surface area (Å²) in [5, 5.41) is 0. The van der Waals surface area contributed by atoms with Crippen molar-refractivity contribution in [2.45, 2.75) is 56.4 Å². The number of ether oxygens (including phenoxy) is 1. The number of allylic oxidation sites excluding steroid dienone is 2. The van der Waals surface area contributed by atoms with Crippen molar-refractivity contribution in [1.29, 1.82) is 0 Å². The van der Waals surface area contributed by atoms with Gasteiger partial charge in [-0.2, -0.15) is 4.39 Å². The van der Waals surface area contributed by atoms with Gasteiger partial charge >= 0.3 is 0 Å². The van der Waals surface area contributed by atoms with E-state index in [2.05, 4.69) is 24.3 Å². The van der Waals surface area contributed by atoms with Gasteiger partial charge in [0.1, 0.15) is 4.90 Å². The van der Waals surface area contributed by atoms with E-state index >= 15 is 0 Å². The van der Waals surface area contributed by atoms with E-state index in [-0.39, 0.29) is 17.9 Å². The number of benzene rings is 2. The third kappa shape index (κ3) is 5.50. The van der Waals surface area contributed by atoms with Gasteiger partial charge in [0.25, 0.3) is 0 Å². The molecular weight excluding hydrogens is 425 g/mol. The Morgan fingerprint density at radius 2 is 1.77 bits per heavy atom. The molecule has 0 amide bonds. The SMILES string of the molecule is CCc1c(F)c(S(C)(=O)=O)c(F)c(F)c1OC1CCCC(/C=C/Cc2ccccc2)C1. The molecule has 0 aromatic heterocycles. The second kappa shape index (κ2) is 9.90.